The number of hydrogen-bond donors (Lipinski definition) is 2. The third-order valence-electron chi connectivity index (χ3n) is 2.80. The molecule has 1 saturated heterocycles. The molecule has 1 atom stereocenters. The zero-order valence-corrected chi connectivity index (χ0v) is 9.74. The van der Waals surface area contributed by atoms with E-state index in [2.05, 4.69) is 5.32 Å². The number of unbranched alkanes of at least 4 members (excludes halogenated alkanes) is 1. The highest BCUT2D eigenvalue weighted by molar-refractivity contribution is 5.78. The molecule has 2 N–H and O–H groups in total. The van der Waals surface area contributed by atoms with Gasteiger partial charge in [-0.3, -0.25) is 9.59 Å². The van der Waals surface area contributed by atoms with Crippen LogP contribution in [0.15, 0.2) is 0 Å². The molecule has 0 bridgehead atoms. The van der Waals surface area contributed by atoms with Gasteiger partial charge in [-0.1, -0.05) is 0 Å². The van der Waals surface area contributed by atoms with E-state index in [-0.39, 0.29) is 24.5 Å². The average molecular weight is 228 g/mol. The summed E-state index contributed by atoms with van der Waals surface area (Å²) in [5, 5.41) is 11.5. The van der Waals surface area contributed by atoms with Crippen molar-refractivity contribution in [3.8, 4) is 0 Å². The van der Waals surface area contributed by atoms with Gasteiger partial charge in [0.25, 0.3) is 0 Å². The van der Waals surface area contributed by atoms with Gasteiger partial charge in [0, 0.05) is 39.1 Å². The molecular formula is C11H20N2O3. The SMILES string of the molecule is CN1CC(NC(=O)CCCCO)CCC1=O. The molecule has 1 unspecified atom stereocenters. The van der Waals surface area contributed by atoms with Crippen LogP contribution < -0.4 is 5.32 Å². The number of likely N-dealkylation sites (tertiary alicyclic amines) is 1. The molecule has 0 saturated carbocycles. The van der Waals surface area contributed by atoms with Gasteiger partial charge in [0.2, 0.25) is 11.8 Å². The predicted octanol–water partition coefficient (Wildman–Crippen LogP) is -0.114. The van der Waals surface area contributed by atoms with Crippen LogP contribution in [0.5, 0.6) is 0 Å². The molecule has 16 heavy (non-hydrogen) atoms. The number of carbonyl (C=O) groups is 2. The molecular weight excluding hydrogens is 208 g/mol. The second-order valence-electron chi connectivity index (χ2n) is 4.26. The maximum atomic E-state index is 11.5. The summed E-state index contributed by atoms with van der Waals surface area (Å²) in [6.07, 6.45) is 3.07. The summed E-state index contributed by atoms with van der Waals surface area (Å²) in [7, 11) is 1.76. The van der Waals surface area contributed by atoms with Gasteiger partial charge in [0.05, 0.1) is 0 Å². The Morgan fingerprint density at radius 3 is 2.94 bits per heavy atom. The summed E-state index contributed by atoms with van der Waals surface area (Å²) in [5.41, 5.74) is 0. The summed E-state index contributed by atoms with van der Waals surface area (Å²) in [5.74, 6) is 0.159. The largest absolute Gasteiger partial charge is 0.396 e. The molecule has 0 aliphatic carbocycles. The predicted molar refractivity (Wildman–Crippen MR) is 59.7 cm³/mol. The summed E-state index contributed by atoms with van der Waals surface area (Å²) in [6, 6.07) is 0.0873. The van der Waals surface area contributed by atoms with Crippen LogP contribution in [0.3, 0.4) is 0 Å². The Morgan fingerprint density at radius 2 is 2.31 bits per heavy atom. The number of aliphatic hydroxyl groups is 1. The minimum absolute atomic E-state index is 0.0150. The Balaban J connectivity index is 2.21. The van der Waals surface area contributed by atoms with Crippen molar-refractivity contribution in [2.75, 3.05) is 20.2 Å². The third-order valence-corrected chi connectivity index (χ3v) is 2.80. The van der Waals surface area contributed by atoms with Crippen LogP contribution in [0.1, 0.15) is 32.1 Å². The molecule has 92 valence electrons. The van der Waals surface area contributed by atoms with Crippen LogP contribution >= 0.6 is 0 Å². The molecule has 0 radical (unpaired) electrons. The summed E-state index contributed by atoms with van der Waals surface area (Å²) >= 11 is 0. The first-order chi connectivity index (χ1) is 7.63. The number of nitrogens with zero attached hydrogens (tertiary/aromatic N) is 1. The topological polar surface area (TPSA) is 69.6 Å². The van der Waals surface area contributed by atoms with E-state index in [0.717, 1.165) is 6.42 Å². The molecule has 1 aliphatic rings. The molecule has 2 amide bonds. The number of aliphatic hydroxyl groups excluding tert-OH is 1. The third kappa shape index (κ3) is 4.18. The minimum Gasteiger partial charge on any atom is -0.396 e. The van der Waals surface area contributed by atoms with E-state index in [1.54, 1.807) is 11.9 Å². The second-order valence-corrected chi connectivity index (χ2v) is 4.26. The smallest absolute Gasteiger partial charge is 0.222 e. The average Bonchev–Trinajstić information content (AvgIpc) is 2.24. The van der Waals surface area contributed by atoms with Crippen LogP contribution in [0.2, 0.25) is 0 Å². The van der Waals surface area contributed by atoms with E-state index in [1.807, 2.05) is 0 Å². The second kappa shape index (κ2) is 6.48. The van der Waals surface area contributed by atoms with Crippen molar-refractivity contribution in [2.24, 2.45) is 0 Å². The fourth-order valence-electron chi connectivity index (χ4n) is 1.83. The monoisotopic (exact) mass is 228 g/mol. The van der Waals surface area contributed by atoms with Gasteiger partial charge in [-0.15, -0.1) is 0 Å². The number of hydrogen-bond acceptors (Lipinski definition) is 3. The molecule has 5 nitrogen and oxygen atoms in total. The van der Waals surface area contributed by atoms with Crippen LogP contribution in [0.25, 0.3) is 0 Å². The van der Waals surface area contributed by atoms with Crippen LogP contribution in [-0.4, -0.2) is 48.1 Å². The lowest BCUT2D eigenvalue weighted by Gasteiger charge is -2.30. The lowest BCUT2D eigenvalue weighted by molar-refractivity contribution is -0.134. The van der Waals surface area contributed by atoms with Crippen LogP contribution in [0, 0.1) is 0 Å². The Bertz CT molecular complexity index is 256. The van der Waals surface area contributed by atoms with Gasteiger partial charge in [-0.25, -0.2) is 0 Å². The van der Waals surface area contributed by atoms with Gasteiger partial charge in [0.15, 0.2) is 0 Å². The zero-order chi connectivity index (χ0) is 12.0. The van der Waals surface area contributed by atoms with Gasteiger partial charge in [-0.05, 0) is 19.3 Å². The molecule has 0 aromatic carbocycles. The Labute approximate surface area is 95.8 Å². The normalized spacial score (nSPS) is 21.0. The first-order valence-electron chi connectivity index (χ1n) is 5.77. The van der Waals surface area contributed by atoms with E-state index in [0.29, 0.717) is 32.2 Å². The van der Waals surface area contributed by atoms with Crippen molar-refractivity contribution in [3.63, 3.8) is 0 Å². The van der Waals surface area contributed by atoms with E-state index in [9.17, 15) is 9.59 Å². The molecule has 0 aromatic rings. The maximum absolute atomic E-state index is 11.5. The van der Waals surface area contributed by atoms with Crippen molar-refractivity contribution < 1.29 is 14.7 Å². The quantitative estimate of drug-likeness (QED) is 0.645. The van der Waals surface area contributed by atoms with Gasteiger partial charge < -0.3 is 15.3 Å². The van der Waals surface area contributed by atoms with Gasteiger partial charge >= 0.3 is 0 Å². The molecule has 5 heteroatoms. The highest BCUT2D eigenvalue weighted by atomic mass is 16.3. The van der Waals surface area contributed by atoms with Crippen molar-refractivity contribution in [1.82, 2.24) is 10.2 Å². The first-order valence-corrected chi connectivity index (χ1v) is 5.77. The minimum atomic E-state index is 0.0150. The highest BCUT2D eigenvalue weighted by Gasteiger charge is 2.23. The van der Waals surface area contributed by atoms with Gasteiger partial charge in [0.1, 0.15) is 0 Å². The lowest BCUT2D eigenvalue weighted by atomic mass is 10.1. The maximum Gasteiger partial charge on any atom is 0.222 e. The van der Waals surface area contributed by atoms with Crippen molar-refractivity contribution in [1.29, 1.82) is 0 Å². The molecule has 1 heterocycles. The fraction of sp³-hybridized carbons (Fsp3) is 0.818. The summed E-state index contributed by atoms with van der Waals surface area (Å²) in [4.78, 5) is 24.4. The first kappa shape index (κ1) is 13.0. The Hall–Kier alpha value is -1.10. The van der Waals surface area contributed by atoms with E-state index in [1.165, 1.54) is 0 Å². The number of amides is 2. The number of piperidine rings is 1. The van der Waals surface area contributed by atoms with E-state index in [4.69, 9.17) is 5.11 Å². The summed E-state index contributed by atoms with van der Waals surface area (Å²) in [6.45, 7) is 0.735. The Kier molecular flexibility index (Phi) is 5.25. The van der Waals surface area contributed by atoms with Gasteiger partial charge in [-0.2, -0.15) is 0 Å². The Morgan fingerprint density at radius 1 is 1.56 bits per heavy atom. The lowest BCUT2D eigenvalue weighted by Crippen LogP contribution is -2.48. The number of nitrogens with one attached hydrogen (secondary N) is 1. The molecule has 1 aliphatic heterocycles. The standard InChI is InChI=1S/C11H20N2O3/c1-13-8-9(5-6-11(13)16)12-10(15)4-2-3-7-14/h9,14H,2-8H2,1H3,(H,12,15). The van der Waals surface area contributed by atoms with Crippen LogP contribution in [0.4, 0.5) is 0 Å². The highest BCUT2D eigenvalue weighted by Crippen LogP contribution is 2.09. The number of likely N-dealkylation sites (N-methyl/N-ethyl adjacent to an activating group) is 1. The summed E-state index contributed by atoms with van der Waals surface area (Å²) < 4.78 is 0. The van der Waals surface area contributed by atoms with Crippen molar-refractivity contribution >= 4 is 11.8 Å². The van der Waals surface area contributed by atoms with E-state index >= 15 is 0 Å². The number of carbonyl (C=O) groups excluding carboxylic acids is 2. The zero-order valence-electron chi connectivity index (χ0n) is 9.74. The van der Waals surface area contributed by atoms with Crippen molar-refractivity contribution in [2.45, 2.75) is 38.1 Å². The molecule has 0 spiro atoms. The molecule has 1 fully saturated rings. The van der Waals surface area contributed by atoms with Crippen molar-refractivity contribution in [3.05, 3.63) is 0 Å². The molecule has 0 aromatic heterocycles. The fourth-order valence-corrected chi connectivity index (χ4v) is 1.83. The van der Waals surface area contributed by atoms with E-state index < -0.39 is 0 Å². The molecule has 1 rings (SSSR count). The number of rotatable bonds is 5. The van der Waals surface area contributed by atoms with Crippen LogP contribution in [-0.2, 0) is 9.59 Å².